The predicted molar refractivity (Wildman–Crippen MR) is 59.8 cm³/mol. The van der Waals surface area contributed by atoms with Gasteiger partial charge >= 0.3 is 5.51 Å². The van der Waals surface area contributed by atoms with Crippen LogP contribution in [-0.4, -0.2) is 19.6 Å². The number of hydrogen-bond acceptors (Lipinski definition) is 4. The van der Waals surface area contributed by atoms with Gasteiger partial charge in [-0.1, -0.05) is 0 Å². The summed E-state index contributed by atoms with van der Waals surface area (Å²) in [6.45, 7) is 0. The second-order valence-corrected chi connectivity index (χ2v) is 3.62. The van der Waals surface area contributed by atoms with Crippen LogP contribution in [0.4, 0.5) is 24.5 Å². The van der Waals surface area contributed by atoms with E-state index < -0.39 is 17.6 Å². The van der Waals surface area contributed by atoms with Crippen molar-refractivity contribution in [2.75, 3.05) is 24.7 Å². The first kappa shape index (κ1) is 12.8. The molecule has 1 rings (SSSR count). The van der Waals surface area contributed by atoms with Gasteiger partial charge in [-0.25, -0.2) is 0 Å². The van der Waals surface area contributed by atoms with Crippen LogP contribution in [0.5, 0.6) is 5.75 Å². The van der Waals surface area contributed by atoms with E-state index in [-0.39, 0.29) is 5.75 Å². The Kier molecular flexibility index (Phi) is 4.17. The number of alkyl halides is 3. The highest BCUT2D eigenvalue weighted by atomic mass is 32.2. The maximum absolute atomic E-state index is 11.9. The maximum Gasteiger partial charge on any atom is 0.479 e. The Hall–Kier alpha value is -1.24. The quantitative estimate of drug-likeness (QED) is 0.805. The number of anilines is 2. The Morgan fingerprint density at radius 3 is 2.25 bits per heavy atom. The zero-order valence-corrected chi connectivity index (χ0v) is 9.50. The minimum atomic E-state index is -4.40. The van der Waals surface area contributed by atoms with Crippen LogP contribution < -0.4 is 14.8 Å². The lowest BCUT2D eigenvalue weighted by molar-refractivity contribution is -0.0369. The molecule has 0 aliphatic heterocycles. The van der Waals surface area contributed by atoms with Gasteiger partial charge in [0.15, 0.2) is 12.0 Å². The average Bonchev–Trinajstić information content (AvgIpc) is 2.25. The van der Waals surface area contributed by atoms with Gasteiger partial charge in [-0.05, 0) is 12.1 Å². The van der Waals surface area contributed by atoms with Crippen molar-refractivity contribution < 1.29 is 17.4 Å². The Morgan fingerprint density at radius 1 is 1.12 bits per heavy atom. The number of rotatable bonds is 4. The fourth-order valence-electron chi connectivity index (χ4n) is 1.10. The maximum atomic E-state index is 11.9. The molecule has 1 aromatic rings. The molecule has 0 fully saturated rings. The van der Waals surface area contributed by atoms with E-state index in [0.717, 1.165) is 5.69 Å². The highest BCUT2D eigenvalue weighted by molar-refractivity contribution is 7.95. The lowest BCUT2D eigenvalue weighted by Gasteiger charge is -2.11. The zero-order valence-electron chi connectivity index (χ0n) is 8.68. The third kappa shape index (κ3) is 3.73. The fourth-order valence-corrected chi connectivity index (χ4v) is 1.39. The van der Waals surface area contributed by atoms with Gasteiger partial charge in [-0.3, -0.25) is 0 Å². The molecule has 0 bridgehead atoms. The Bertz CT molecular complexity index is 357. The van der Waals surface area contributed by atoms with E-state index in [1.54, 1.807) is 20.2 Å². The van der Waals surface area contributed by atoms with Gasteiger partial charge in [0, 0.05) is 20.2 Å². The first-order valence-corrected chi connectivity index (χ1v) is 5.12. The van der Waals surface area contributed by atoms with Crippen LogP contribution in [0.25, 0.3) is 0 Å². The van der Waals surface area contributed by atoms with E-state index >= 15 is 0 Å². The summed E-state index contributed by atoms with van der Waals surface area (Å²) in [5.41, 5.74) is -2.95. The van der Waals surface area contributed by atoms with Crippen molar-refractivity contribution in [3.05, 3.63) is 18.2 Å². The third-order valence-electron chi connectivity index (χ3n) is 1.76. The van der Waals surface area contributed by atoms with Gasteiger partial charge in [0.25, 0.3) is 0 Å². The molecule has 0 spiro atoms. The number of hydrogen-bond donors (Lipinski definition) is 2. The van der Waals surface area contributed by atoms with Crippen LogP contribution in [0.3, 0.4) is 0 Å². The Labute approximate surface area is 95.6 Å². The van der Waals surface area contributed by atoms with E-state index in [2.05, 4.69) is 14.8 Å². The highest BCUT2D eigenvalue weighted by Gasteiger charge is 2.31. The molecule has 16 heavy (non-hydrogen) atoms. The molecule has 0 saturated heterocycles. The molecule has 2 N–H and O–H groups in total. The third-order valence-corrected chi connectivity index (χ3v) is 2.23. The van der Waals surface area contributed by atoms with E-state index in [1.807, 2.05) is 0 Å². The summed E-state index contributed by atoms with van der Waals surface area (Å²) in [6.07, 6.45) is 0. The molecule has 0 aromatic heterocycles. The Morgan fingerprint density at radius 2 is 1.75 bits per heavy atom. The highest BCUT2D eigenvalue weighted by Crippen LogP contribution is 2.34. The van der Waals surface area contributed by atoms with E-state index in [4.69, 9.17) is 0 Å². The van der Waals surface area contributed by atoms with Crippen LogP contribution >= 0.6 is 12.0 Å². The summed E-state index contributed by atoms with van der Waals surface area (Å²) in [5, 5.41) is 5.75. The Balaban J connectivity index is 2.75. The minimum Gasteiger partial charge on any atom is -0.417 e. The van der Waals surface area contributed by atoms with Crippen molar-refractivity contribution in [1.29, 1.82) is 0 Å². The second-order valence-electron chi connectivity index (χ2n) is 2.82. The van der Waals surface area contributed by atoms with Gasteiger partial charge in [0.05, 0.1) is 11.4 Å². The molecule has 0 aliphatic carbocycles. The van der Waals surface area contributed by atoms with Crippen LogP contribution in [0.2, 0.25) is 0 Å². The van der Waals surface area contributed by atoms with Gasteiger partial charge in [-0.2, -0.15) is 13.2 Å². The van der Waals surface area contributed by atoms with Crippen LogP contribution in [-0.2, 0) is 0 Å². The normalized spacial score (nSPS) is 11.1. The minimum absolute atomic E-state index is 0.144. The van der Waals surface area contributed by atoms with Crippen LogP contribution in [0.1, 0.15) is 0 Å². The number of nitrogens with one attached hydrogen (secondary N) is 2. The largest absolute Gasteiger partial charge is 0.479 e. The van der Waals surface area contributed by atoms with E-state index in [0.29, 0.717) is 5.69 Å². The van der Waals surface area contributed by atoms with Gasteiger partial charge < -0.3 is 14.8 Å². The zero-order chi connectivity index (χ0) is 12.2. The topological polar surface area (TPSA) is 33.3 Å². The first-order valence-electron chi connectivity index (χ1n) is 4.38. The average molecular weight is 252 g/mol. The fraction of sp³-hybridized carbons (Fsp3) is 0.333. The molecule has 0 atom stereocenters. The standard InChI is InChI=1S/C9H11F3N2OS/c1-13-7-4-3-6(5-8(7)14-2)15-16-9(10,11)12/h3-5,13-14H,1-2H3. The first-order chi connectivity index (χ1) is 7.46. The molecular weight excluding hydrogens is 241 g/mol. The predicted octanol–water partition coefficient (Wildman–Crippen LogP) is 3.32. The van der Waals surface area contributed by atoms with Crippen LogP contribution in [0, 0.1) is 0 Å². The number of benzene rings is 1. The molecule has 3 nitrogen and oxygen atoms in total. The lowest BCUT2D eigenvalue weighted by Crippen LogP contribution is -2.03. The lowest BCUT2D eigenvalue weighted by atomic mass is 10.2. The summed E-state index contributed by atoms with van der Waals surface area (Å²) in [7, 11) is 3.40. The van der Waals surface area contributed by atoms with E-state index in [9.17, 15) is 13.2 Å². The van der Waals surface area contributed by atoms with Gasteiger partial charge in [-0.15, -0.1) is 0 Å². The van der Waals surface area contributed by atoms with Gasteiger partial charge in [0.2, 0.25) is 0 Å². The summed E-state index contributed by atoms with van der Waals surface area (Å²) in [6, 6.07) is 4.59. The van der Waals surface area contributed by atoms with E-state index in [1.165, 1.54) is 12.1 Å². The molecular formula is C9H11F3N2OS. The SMILES string of the molecule is CNc1ccc(OSC(F)(F)F)cc1NC. The summed E-state index contributed by atoms with van der Waals surface area (Å²) >= 11 is -0.529. The molecule has 0 aliphatic rings. The summed E-state index contributed by atoms with van der Waals surface area (Å²) < 4.78 is 40.2. The number of halogens is 3. The molecule has 0 saturated carbocycles. The van der Waals surface area contributed by atoms with Gasteiger partial charge in [0.1, 0.15) is 5.75 Å². The van der Waals surface area contributed by atoms with Crippen molar-refractivity contribution >= 4 is 23.4 Å². The smallest absolute Gasteiger partial charge is 0.417 e. The molecule has 1 aromatic carbocycles. The molecule has 0 amide bonds. The molecule has 0 radical (unpaired) electrons. The molecule has 7 heteroatoms. The monoisotopic (exact) mass is 252 g/mol. The summed E-state index contributed by atoms with van der Waals surface area (Å²) in [5.74, 6) is 0.144. The van der Waals surface area contributed by atoms with Crippen molar-refractivity contribution in [3.63, 3.8) is 0 Å². The molecule has 90 valence electrons. The van der Waals surface area contributed by atoms with Crippen molar-refractivity contribution in [2.24, 2.45) is 0 Å². The van der Waals surface area contributed by atoms with Crippen molar-refractivity contribution in [2.45, 2.75) is 5.51 Å². The second kappa shape index (κ2) is 5.20. The summed E-state index contributed by atoms with van der Waals surface area (Å²) in [4.78, 5) is 0. The molecule has 0 unspecified atom stereocenters. The van der Waals surface area contributed by atoms with Crippen molar-refractivity contribution in [3.8, 4) is 5.75 Å². The van der Waals surface area contributed by atoms with Crippen molar-refractivity contribution in [1.82, 2.24) is 0 Å². The molecule has 0 heterocycles. The van der Waals surface area contributed by atoms with Crippen LogP contribution in [0.15, 0.2) is 18.2 Å².